The molecule has 0 aromatic rings. The lowest BCUT2D eigenvalue weighted by molar-refractivity contribution is -0.124. The summed E-state index contributed by atoms with van der Waals surface area (Å²) in [6, 6.07) is 0. The second-order valence-electron chi connectivity index (χ2n) is 7.29. The lowest BCUT2D eigenvalue weighted by atomic mass is 9.72. The molecule has 0 aromatic carbocycles. The van der Waals surface area contributed by atoms with Crippen LogP contribution in [-0.4, -0.2) is 11.6 Å². The van der Waals surface area contributed by atoms with Gasteiger partial charge in [-0.2, -0.15) is 0 Å². The molecule has 2 aliphatic rings. The van der Waals surface area contributed by atoms with Gasteiger partial charge in [-0.15, -0.1) is 0 Å². The van der Waals surface area contributed by atoms with E-state index in [-0.39, 0.29) is 0 Å². The Kier molecular flexibility index (Phi) is 6.22. The fraction of sp³-hybridized carbons (Fsp3) is 0.882. The Balaban J connectivity index is 0.000000200. The van der Waals surface area contributed by atoms with Gasteiger partial charge in [-0.1, -0.05) is 34.1 Å². The predicted octanol–water partition coefficient (Wildman–Crippen LogP) is 4.56. The van der Waals surface area contributed by atoms with Gasteiger partial charge in [0.15, 0.2) is 0 Å². The van der Waals surface area contributed by atoms with Gasteiger partial charge < -0.3 is 0 Å². The highest BCUT2D eigenvalue weighted by atomic mass is 16.1. The fourth-order valence-corrected chi connectivity index (χ4v) is 2.96. The van der Waals surface area contributed by atoms with Crippen molar-refractivity contribution < 1.29 is 9.59 Å². The van der Waals surface area contributed by atoms with Gasteiger partial charge in [-0.25, -0.2) is 0 Å². The van der Waals surface area contributed by atoms with Crippen LogP contribution in [0.25, 0.3) is 0 Å². The van der Waals surface area contributed by atoms with Crippen molar-refractivity contribution in [2.45, 2.75) is 79.1 Å². The maximum atomic E-state index is 10.9. The van der Waals surface area contributed by atoms with Gasteiger partial charge >= 0.3 is 0 Å². The lowest BCUT2D eigenvalue weighted by Crippen LogP contribution is -2.25. The molecule has 1 atom stereocenters. The molecular weight excluding hydrogens is 236 g/mol. The van der Waals surface area contributed by atoms with E-state index in [0.29, 0.717) is 22.9 Å². The molecule has 0 amide bonds. The van der Waals surface area contributed by atoms with Crippen LogP contribution in [0, 0.1) is 17.3 Å². The molecule has 2 nitrogen and oxygen atoms in total. The third kappa shape index (κ3) is 5.88. The second-order valence-corrected chi connectivity index (χ2v) is 7.29. The zero-order chi connectivity index (χ0) is 14.5. The van der Waals surface area contributed by atoms with Crippen LogP contribution in [0.4, 0.5) is 0 Å². The Morgan fingerprint density at radius 1 is 0.895 bits per heavy atom. The minimum absolute atomic E-state index is 0.365. The molecule has 0 heterocycles. The zero-order valence-electron chi connectivity index (χ0n) is 13.1. The van der Waals surface area contributed by atoms with Gasteiger partial charge in [0.2, 0.25) is 0 Å². The molecule has 2 fully saturated rings. The molecule has 2 rings (SSSR count). The Labute approximate surface area is 118 Å². The molecule has 0 spiro atoms. The number of Topliss-reactive ketones (excluding diaryl/α,β-unsaturated/α-hetero) is 2. The van der Waals surface area contributed by atoms with E-state index in [1.807, 2.05) is 6.92 Å². The standard InChI is InChI=1S/C10H18O.C7H12O/c1-10(2,3)8-4-6-9(11)7-5-8;1-6-4-2-3-5-7(6)8/h8H,4-7H2,1-3H3;6H,2-5H2,1H3. The molecule has 0 bridgehead atoms. The minimum Gasteiger partial charge on any atom is -0.300 e. The maximum Gasteiger partial charge on any atom is 0.135 e. The van der Waals surface area contributed by atoms with Crippen LogP contribution >= 0.6 is 0 Å². The van der Waals surface area contributed by atoms with Gasteiger partial charge in [0.25, 0.3) is 0 Å². The van der Waals surface area contributed by atoms with Gasteiger partial charge in [-0.05, 0) is 37.0 Å². The monoisotopic (exact) mass is 266 g/mol. The average molecular weight is 266 g/mol. The number of ketones is 2. The Morgan fingerprint density at radius 2 is 1.47 bits per heavy atom. The van der Waals surface area contributed by atoms with Crippen molar-refractivity contribution in [3.8, 4) is 0 Å². The molecule has 0 aromatic heterocycles. The van der Waals surface area contributed by atoms with E-state index in [9.17, 15) is 9.59 Å². The SMILES string of the molecule is CC(C)(C)C1CCC(=O)CC1.CC1CCCCC1=O. The summed E-state index contributed by atoms with van der Waals surface area (Å²) in [4.78, 5) is 21.7. The van der Waals surface area contributed by atoms with Crippen LogP contribution in [0.1, 0.15) is 79.1 Å². The number of carbonyl (C=O) groups is 2. The van der Waals surface area contributed by atoms with E-state index < -0.39 is 0 Å². The molecule has 0 N–H and O–H groups in total. The molecular formula is C17H30O2. The Hall–Kier alpha value is -0.660. The second kappa shape index (κ2) is 7.21. The van der Waals surface area contributed by atoms with E-state index in [0.717, 1.165) is 50.9 Å². The summed E-state index contributed by atoms with van der Waals surface area (Å²) < 4.78 is 0. The molecule has 19 heavy (non-hydrogen) atoms. The van der Waals surface area contributed by atoms with Crippen LogP contribution in [0.5, 0.6) is 0 Å². The smallest absolute Gasteiger partial charge is 0.135 e. The Morgan fingerprint density at radius 3 is 1.84 bits per heavy atom. The van der Waals surface area contributed by atoms with Gasteiger partial charge in [-0.3, -0.25) is 9.59 Å². The van der Waals surface area contributed by atoms with Crippen LogP contribution < -0.4 is 0 Å². The van der Waals surface area contributed by atoms with E-state index in [4.69, 9.17) is 0 Å². The first-order valence-corrected chi connectivity index (χ1v) is 7.85. The predicted molar refractivity (Wildman–Crippen MR) is 79.1 cm³/mol. The largest absolute Gasteiger partial charge is 0.300 e. The molecule has 2 heteroatoms. The summed E-state index contributed by atoms with van der Waals surface area (Å²) in [7, 11) is 0. The third-order valence-electron chi connectivity index (χ3n) is 4.63. The van der Waals surface area contributed by atoms with Crippen molar-refractivity contribution in [2.24, 2.45) is 17.3 Å². The normalized spacial score (nSPS) is 25.8. The summed E-state index contributed by atoms with van der Waals surface area (Å²) in [5.41, 5.74) is 0.403. The highest BCUT2D eigenvalue weighted by molar-refractivity contribution is 5.81. The first-order valence-electron chi connectivity index (χ1n) is 7.85. The maximum absolute atomic E-state index is 10.9. The number of hydrogen-bond donors (Lipinski definition) is 0. The summed E-state index contributed by atoms with van der Waals surface area (Å²) in [5.74, 6) is 2.06. The quantitative estimate of drug-likeness (QED) is 0.644. The molecule has 0 saturated heterocycles. The summed E-state index contributed by atoms with van der Waals surface area (Å²) in [6.07, 6.45) is 8.21. The summed E-state index contributed by atoms with van der Waals surface area (Å²) in [5, 5.41) is 0. The summed E-state index contributed by atoms with van der Waals surface area (Å²) >= 11 is 0. The summed E-state index contributed by atoms with van der Waals surface area (Å²) in [6.45, 7) is 8.84. The van der Waals surface area contributed by atoms with E-state index >= 15 is 0 Å². The highest BCUT2D eigenvalue weighted by Crippen LogP contribution is 2.36. The average Bonchev–Trinajstić information content (AvgIpc) is 2.33. The van der Waals surface area contributed by atoms with Crippen LogP contribution in [0.3, 0.4) is 0 Å². The topological polar surface area (TPSA) is 34.1 Å². The van der Waals surface area contributed by atoms with Crippen molar-refractivity contribution >= 4 is 11.6 Å². The minimum atomic E-state index is 0.365. The Bertz CT molecular complexity index is 302. The van der Waals surface area contributed by atoms with Crippen molar-refractivity contribution in [2.75, 3.05) is 0 Å². The van der Waals surface area contributed by atoms with Crippen molar-refractivity contribution in [3.63, 3.8) is 0 Å². The van der Waals surface area contributed by atoms with E-state index in [1.54, 1.807) is 0 Å². The van der Waals surface area contributed by atoms with Crippen molar-refractivity contribution in [1.29, 1.82) is 0 Å². The van der Waals surface area contributed by atoms with Crippen molar-refractivity contribution in [1.82, 2.24) is 0 Å². The number of rotatable bonds is 0. The fourth-order valence-electron chi connectivity index (χ4n) is 2.96. The molecule has 0 aliphatic heterocycles. The number of hydrogen-bond acceptors (Lipinski definition) is 2. The van der Waals surface area contributed by atoms with Crippen LogP contribution in [-0.2, 0) is 9.59 Å². The van der Waals surface area contributed by atoms with Gasteiger partial charge in [0.05, 0.1) is 0 Å². The zero-order valence-corrected chi connectivity index (χ0v) is 13.1. The van der Waals surface area contributed by atoms with Crippen LogP contribution in [0.15, 0.2) is 0 Å². The molecule has 0 radical (unpaired) electrons. The molecule has 2 saturated carbocycles. The van der Waals surface area contributed by atoms with Crippen molar-refractivity contribution in [3.05, 3.63) is 0 Å². The molecule has 2 aliphatic carbocycles. The molecule has 1 unspecified atom stereocenters. The third-order valence-corrected chi connectivity index (χ3v) is 4.63. The van der Waals surface area contributed by atoms with Gasteiger partial charge in [0.1, 0.15) is 11.6 Å². The van der Waals surface area contributed by atoms with E-state index in [2.05, 4.69) is 20.8 Å². The highest BCUT2D eigenvalue weighted by Gasteiger charge is 2.28. The van der Waals surface area contributed by atoms with Crippen LogP contribution in [0.2, 0.25) is 0 Å². The lowest BCUT2D eigenvalue weighted by Gasteiger charge is -2.33. The first-order chi connectivity index (χ1) is 8.80. The first kappa shape index (κ1) is 16.4. The number of carbonyl (C=O) groups excluding carboxylic acids is 2. The molecule has 110 valence electrons. The van der Waals surface area contributed by atoms with Gasteiger partial charge in [0, 0.05) is 25.2 Å². The van der Waals surface area contributed by atoms with E-state index in [1.165, 1.54) is 6.42 Å².